The molecular weight excluding hydrogens is 190 g/mol. The van der Waals surface area contributed by atoms with Crippen molar-refractivity contribution >= 4 is 11.9 Å². The van der Waals surface area contributed by atoms with E-state index in [9.17, 15) is 4.79 Å². The highest BCUT2D eigenvalue weighted by atomic mass is 16.5. The zero-order chi connectivity index (χ0) is 10.7. The Hall–Kier alpha value is -2.08. The Morgan fingerprint density at radius 3 is 3.13 bits per heavy atom. The number of rotatable bonds is 1. The predicted octanol–water partition coefficient (Wildman–Crippen LogP) is 2.19. The smallest absolute Gasteiger partial charge is 0.169 e. The molecule has 2 rings (SSSR count). The van der Waals surface area contributed by atoms with Gasteiger partial charge in [-0.2, -0.15) is 5.26 Å². The molecule has 0 N–H and O–H groups in total. The minimum atomic E-state index is 0.118. The molecule has 0 aliphatic carbocycles. The van der Waals surface area contributed by atoms with Crippen molar-refractivity contribution in [3.05, 3.63) is 35.4 Å². The van der Waals surface area contributed by atoms with Gasteiger partial charge in [0.25, 0.3) is 0 Å². The second kappa shape index (κ2) is 3.97. The maximum Gasteiger partial charge on any atom is 0.169 e. The van der Waals surface area contributed by atoms with Crippen molar-refractivity contribution in [3.8, 4) is 11.8 Å². The van der Waals surface area contributed by atoms with E-state index in [0.717, 1.165) is 5.56 Å². The van der Waals surface area contributed by atoms with Gasteiger partial charge in [-0.15, -0.1) is 0 Å². The first-order valence-electron chi connectivity index (χ1n) is 4.67. The maximum atomic E-state index is 11.5. The molecule has 0 saturated carbocycles. The second-order valence-corrected chi connectivity index (χ2v) is 3.24. The molecule has 15 heavy (non-hydrogen) atoms. The Labute approximate surface area is 87.6 Å². The number of nitriles is 1. The molecule has 0 unspecified atom stereocenters. The van der Waals surface area contributed by atoms with Crippen LogP contribution >= 0.6 is 0 Å². The molecule has 0 radical (unpaired) electrons. The fourth-order valence-electron chi connectivity index (χ4n) is 1.51. The average Bonchev–Trinajstić information content (AvgIpc) is 2.26. The summed E-state index contributed by atoms with van der Waals surface area (Å²) in [4.78, 5) is 11.5. The van der Waals surface area contributed by atoms with Gasteiger partial charge in [0, 0.05) is 12.5 Å². The number of benzene rings is 1. The predicted molar refractivity (Wildman–Crippen MR) is 55.5 cm³/mol. The lowest BCUT2D eigenvalue weighted by Gasteiger charge is -2.16. The molecule has 0 spiro atoms. The SMILES string of the molecule is N#CC=Cc1ccc2c(c1)OCCC2=O. The third kappa shape index (κ3) is 1.89. The van der Waals surface area contributed by atoms with Crippen molar-refractivity contribution in [1.29, 1.82) is 5.26 Å². The van der Waals surface area contributed by atoms with Crippen molar-refractivity contribution in [3.63, 3.8) is 0 Å². The highest BCUT2D eigenvalue weighted by Crippen LogP contribution is 2.26. The third-order valence-electron chi connectivity index (χ3n) is 2.24. The number of carbonyl (C=O) groups excluding carboxylic acids is 1. The first kappa shape index (κ1) is 9.47. The summed E-state index contributed by atoms with van der Waals surface area (Å²) in [6.45, 7) is 0.442. The summed E-state index contributed by atoms with van der Waals surface area (Å²) >= 11 is 0. The molecular formula is C12H9NO2. The minimum absolute atomic E-state index is 0.118. The fraction of sp³-hybridized carbons (Fsp3) is 0.167. The van der Waals surface area contributed by atoms with Crippen molar-refractivity contribution in [2.24, 2.45) is 0 Å². The number of carbonyl (C=O) groups is 1. The van der Waals surface area contributed by atoms with E-state index in [2.05, 4.69) is 0 Å². The molecule has 1 aromatic carbocycles. The molecule has 0 bridgehead atoms. The van der Waals surface area contributed by atoms with Gasteiger partial charge in [-0.25, -0.2) is 0 Å². The summed E-state index contributed by atoms with van der Waals surface area (Å²) < 4.78 is 5.38. The van der Waals surface area contributed by atoms with Crippen molar-refractivity contribution in [2.75, 3.05) is 6.61 Å². The summed E-state index contributed by atoms with van der Waals surface area (Å²) in [5.41, 5.74) is 1.50. The van der Waals surface area contributed by atoms with Crippen LogP contribution in [0.1, 0.15) is 22.3 Å². The van der Waals surface area contributed by atoms with Crippen molar-refractivity contribution < 1.29 is 9.53 Å². The van der Waals surface area contributed by atoms with Gasteiger partial charge in [0.2, 0.25) is 0 Å². The Balaban J connectivity index is 2.38. The summed E-state index contributed by atoms with van der Waals surface area (Å²) in [7, 11) is 0. The van der Waals surface area contributed by atoms with E-state index in [1.54, 1.807) is 24.3 Å². The highest BCUT2D eigenvalue weighted by Gasteiger charge is 2.17. The quantitative estimate of drug-likeness (QED) is 0.651. The van der Waals surface area contributed by atoms with Gasteiger partial charge in [-0.05, 0) is 23.8 Å². The van der Waals surface area contributed by atoms with E-state index >= 15 is 0 Å². The van der Waals surface area contributed by atoms with Crippen LogP contribution in [0.2, 0.25) is 0 Å². The van der Waals surface area contributed by atoms with Crippen LogP contribution in [0.25, 0.3) is 6.08 Å². The molecule has 1 aliphatic heterocycles. The average molecular weight is 199 g/mol. The van der Waals surface area contributed by atoms with Crippen LogP contribution in [0.5, 0.6) is 5.75 Å². The van der Waals surface area contributed by atoms with E-state index in [4.69, 9.17) is 10.00 Å². The first-order valence-corrected chi connectivity index (χ1v) is 4.67. The molecule has 0 atom stereocenters. The number of hydrogen-bond acceptors (Lipinski definition) is 3. The molecule has 0 amide bonds. The summed E-state index contributed by atoms with van der Waals surface area (Å²) in [5.74, 6) is 0.735. The number of nitrogens with zero attached hydrogens (tertiary/aromatic N) is 1. The fourth-order valence-corrected chi connectivity index (χ4v) is 1.51. The summed E-state index contributed by atoms with van der Waals surface area (Å²) in [6.07, 6.45) is 3.52. The van der Waals surface area contributed by atoms with Crippen molar-refractivity contribution in [1.82, 2.24) is 0 Å². The van der Waals surface area contributed by atoms with E-state index in [1.165, 1.54) is 6.08 Å². The Morgan fingerprint density at radius 2 is 2.33 bits per heavy atom. The standard InChI is InChI=1S/C12H9NO2/c13-6-1-2-9-3-4-10-11(14)5-7-15-12(10)8-9/h1-4,8H,5,7H2. The zero-order valence-electron chi connectivity index (χ0n) is 8.06. The molecule has 1 heterocycles. The normalized spacial score (nSPS) is 14.5. The van der Waals surface area contributed by atoms with Gasteiger partial charge in [0.15, 0.2) is 5.78 Å². The molecule has 0 fully saturated rings. The number of hydrogen-bond donors (Lipinski definition) is 0. The number of allylic oxidation sites excluding steroid dienone is 1. The van der Waals surface area contributed by atoms with Gasteiger partial charge in [-0.1, -0.05) is 6.07 Å². The summed E-state index contributed by atoms with van der Waals surface area (Å²) in [6, 6.07) is 7.24. The third-order valence-corrected chi connectivity index (χ3v) is 2.24. The van der Waals surface area contributed by atoms with E-state index in [-0.39, 0.29) is 5.78 Å². The topological polar surface area (TPSA) is 50.1 Å². The highest BCUT2D eigenvalue weighted by molar-refractivity contribution is 5.99. The van der Waals surface area contributed by atoms with Crippen LogP contribution in [0.4, 0.5) is 0 Å². The largest absolute Gasteiger partial charge is 0.492 e. The van der Waals surface area contributed by atoms with Gasteiger partial charge in [-0.3, -0.25) is 4.79 Å². The lowest BCUT2D eigenvalue weighted by atomic mass is 10.0. The van der Waals surface area contributed by atoms with Crippen LogP contribution < -0.4 is 4.74 Å². The Bertz CT molecular complexity index is 469. The van der Waals surface area contributed by atoms with E-state index in [0.29, 0.717) is 24.3 Å². The van der Waals surface area contributed by atoms with Crippen LogP contribution in [0.3, 0.4) is 0 Å². The number of ketones is 1. The molecule has 1 aliphatic rings. The zero-order valence-corrected chi connectivity index (χ0v) is 8.06. The van der Waals surface area contributed by atoms with Crippen LogP contribution in [0.15, 0.2) is 24.3 Å². The Morgan fingerprint density at radius 1 is 1.47 bits per heavy atom. The monoisotopic (exact) mass is 199 g/mol. The van der Waals surface area contributed by atoms with Crippen LogP contribution in [-0.2, 0) is 0 Å². The molecule has 0 saturated heterocycles. The van der Waals surface area contributed by atoms with Gasteiger partial charge in [0.05, 0.1) is 18.2 Å². The minimum Gasteiger partial charge on any atom is -0.492 e. The first-order chi connectivity index (χ1) is 7.31. The molecule has 0 aromatic heterocycles. The number of Topliss-reactive ketones (excluding diaryl/α,β-unsaturated/α-hetero) is 1. The molecule has 1 aromatic rings. The number of fused-ring (bicyclic) bond motifs is 1. The molecule has 3 heteroatoms. The number of ether oxygens (including phenoxy) is 1. The van der Waals surface area contributed by atoms with Crippen LogP contribution in [-0.4, -0.2) is 12.4 Å². The van der Waals surface area contributed by atoms with E-state index < -0.39 is 0 Å². The lowest BCUT2D eigenvalue weighted by Crippen LogP contribution is -2.15. The molecule has 3 nitrogen and oxygen atoms in total. The molecule has 74 valence electrons. The lowest BCUT2D eigenvalue weighted by molar-refractivity contribution is 0.0933. The van der Waals surface area contributed by atoms with Gasteiger partial charge in [0.1, 0.15) is 5.75 Å². The van der Waals surface area contributed by atoms with Gasteiger partial charge < -0.3 is 4.74 Å². The van der Waals surface area contributed by atoms with E-state index in [1.807, 2.05) is 6.07 Å². The second-order valence-electron chi connectivity index (χ2n) is 3.24. The maximum absolute atomic E-state index is 11.5. The van der Waals surface area contributed by atoms with Crippen LogP contribution in [0, 0.1) is 11.3 Å². The summed E-state index contributed by atoms with van der Waals surface area (Å²) in [5, 5.41) is 8.39. The van der Waals surface area contributed by atoms with Gasteiger partial charge >= 0.3 is 0 Å². The van der Waals surface area contributed by atoms with Crippen molar-refractivity contribution in [2.45, 2.75) is 6.42 Å². The Kier molecular flexibility index (Phi) is 2.51.